The number of hydrogen-bond acceptors (Lipinski definition) is 6. The van der Waals surface area contributed by atoms with Crippen LogP contribution in [0.25, 0.3) is 21.7 Å². The normalized spacial score (nSPS) is 22.6. The molecule has 4 heterocycles. The second-order valence-corrected chi connectivity index (χ2v) is 13.7. The maximum Gasteiger partial charge on any atom is 0.253 e. The van der Waals surface area contributed by atoms with Crippen molar-refractivity contribution in [2.45, 2.75) is 89.4 Å². The van der Waals surface area contributed by atoms with E-state index in [2.05, 4.69) is 11.1 Å². The van der Waals surface area contributed by atoms with Crippen molar-refractivity contribution in [1.29, 1.82) is 0 Å². The van der Waals surface area contributed by atoms with Crippen molar-refractivity contribution in [1.82, 2.24) is 9.97 Å². The number of fused-ring (bicyclic) bond motifs is 2. The Morgan fingerprint density at radius 2 is 1.33 bits per heavy atom. The molecule has 0 radical (unpaired) electrons. The van der Waals surface area contributed by atoms with Gasteiger partial charge in [0.15, 0.2) is 0 Å². The first-order valence-electron chi connectivity index (χ1n) is 17.1. The Labute approximate surface area is 269 Å². The minimum atomic E-state index is 0.0352. The molecule has 0 saturated heterocycles. The van der Waals surface area contributed by atoms with Gasteiger partial charge < -0.3 is 0 Å². The van der Waals surface area contributed by atoms with Crippen molar-refractivity contribution in [3.63, 3.8) is 0 Å². The molecule has 0 unspecified atom stereocenters. The summed E-state index contributed by atoms with van der Waals surface area (Å²) in [5, 5.41) is 15.9. The molecule has 0 spiro atoms. The highest BCUT2D eigenvalue weighted by Gasteiger charge is 2.31. The lowest BCUT2D eigenvalue weighted by atomic mass is 9.77. The van der Waals surface area contributed by atoms with Crippen LogP contribution in [0.15, 0.2) is 77.3 Å². The molecule has 8 rings (SSSR count). The largest absolute Gasteiger partial charge is 0.272 e. The molecule has 2 fully saturated rings. The SMILES string of the molecule is O=C1CC(CC2CCC(c3cnc4cccc(N5N=C(CC6CCCCC6)CC5=O)c4c3)CC2)=NN1c1cccc2cnccc12. The summed E-state index contributed by atoms with van der Waals surface area (Å²) in [6.07, 6.45) is 19.0. The lowest BCUT2D eigenvalue weighted by Gasteiger charge is -2.29. The number of benzene rings is 2. The summed E-state index contributed by atoms with van der Waals surface area (Å²) in [6, 6.07) is 16.1. The predicted octanol–water partition coefficient (Wildman–Crippen LogP) is 8.30. The van der Waals surface area contributed by atoms with Crippen molar-refractivity contribution in [3.8, 4) is 0 Å². The number of rotatable bonds is 7. The standard InChI is InChI=1S/C38H40N6O2/c45-37-22-31(41-43(37)35-10-4-8-28-23-39-17-16-32(28)35)19-26-12-14-27(15-13-26)29-20-33-34(40-24-29)9-5-11-36(33)44-38(46)21-30(42-44)18-25-6-2-1-3-7-25/h4-5,8-11,16-17,20,23-27H,1-3,6-7,12-15,18-19,21-22H2. The van der Waals surface area contributed by atoms with Gasteiger partial charge in [0.25, 0.3) is 11.8 Å². The smallest absolute Gasteiger partial charge is 0.253 e. The lowest BCUT2D eigenvalue weighted by Crippen LogP contribution is -2.20. The van der Waals surface area contributed by atoms with Gasteiger partial charge in [-0.3, -0.25) is 19.6 Å². The zero-order valence-corrected chi connectivity index (χ0v) is 26.3. The van der Waals surface area contributed by atoms with Gasteiger partial charge in [-0.15, -0.1) is 0 Å². The fraction of sp³-hybridized carbons (Fsp3) is 0.421. The van der Waals surface area contributed by atoms with Crippen molar-refractivity contribution in [2.24, 2.45) is 22.0 Å². The second kappa shape index (κ2) is 12.4. The van der Waals surface area contributed by atoms with Gasteiger partial charge in [0.2, 0.25) is 0 Å². The Morgan fingerprint density at radius 3 is 2.04 bits per heavy atom. The average Bonchev–Trinajstić information content (AvgIpc) is 3.65. The number of hydrogen-bond donors (Lipinski definition) is 0. The fourth-order valence-corrected chi connectivity index (χ4v) is 8.17. The molecule has 46 heavy (non-hydrogen) atoms. The highest BCUT2D eigenvalue weighted by Crippen LogP contribution is 2.40. The monoisotopic (exact) mass is 612 g/mol. The van der Waals surface area contributed by atoms with Gasteiger partial charge in [0.05, 0.1) is 29.7 Å². The van der Waals surface area contributed by atoms with Crippen LogP contribution in [-0.2, 0) is 9.59 Å². The van der Waals surface area contributed by atoms with Gasteiger partial charge >= 0.3 is 0 Å². The van der Waals surface area contributed by atoms with E-state index in [1.54, 1.807) is 16.2 Å². The highest BCUT2D eigenvalue weighted by molar-refractivity contribution is 6.16. The Kier molecular flexibility index (Phi) is 7.80. The number of anilines is 2. The van der Waals surface area contributed by atoms with Crippen LogP contribution >= 0.6 is 0 Å². The van der Waals surface area contributed by atoms with Crippen LogP contribution < -0.4 is 10.0 Å². The number of pyridine rings is 2. The van der Waals surface area contributed by atoms with Crippen LogP contribution in [0.3, 0.4) is 0 Å². The molecule has 0 atom stereocenters. The molecule has 0 bridgehead atoms. The summed E-state index contributed by atoms with van der Waals surface area (Å²) in [6.45, 7) is 0. The molecule has 234 valence electrons. The number of carbonyl (C=O) groups is 2. The van der Waals surface area contributed by atoms with E-state index in [0.717, 1.165) is 83.0 Å². The van der Waals surface area contributed by atoms with Gasteiger partial charge in [-0.2, -0.15) is 20.2 Å². The van der Waals surface area contributed by atoms with Crippen LogP contribution in [-0.4, -0.2) is 33.2 Å². The quantitative estimate of drug-likeness (QED) is 0.210. The third kappa shape index (κ3) is 5.70. The summed E-state index contributed by atoms with van der Waals surface area (Å²) in [5.74, 6) is 1.70. The van der Waals surface area contributed by atoms with Crippen molar-refractivity contribution < 1.29 is 9.59 Å². The summed E-state index contributed by atoms with van der Waals surface area (Å²) >= 11 is 0. The van der Waals surface area contributed by atoms with E-state index in [-0.39, 0.29) is 11.8 Å². The topological polar surface area (TPSA) is 91.1 Å². The molecule has 2 saturated carbocycles. The lowest BCUT2D eigenvalue weighted by molar-refractivity contribution is -0.117. The van der Waals surface area contributed by atoms with Crippen LogP contribution in [0.5, 0.6) is 0 Å². The first-order chi connectivity index (χ1) is 22.6. The maximum absolute atomic E-state index is 13.2. The first-order valence-corrected chi connectivity index (χ1v) is 17.1. The molecule has 2 aliphatic carbocycles. The van der Waals surface area contributed by atoms with Crippen molar-refractivity contribution >= 4 is 56.3 Å². The van der Waals surface area contributed by atoms with Gasteiger partial charge in [0.1, 0.15) is 0 Å². The molecular weight excluding hydrogens is 572 g/mol. The van der Waals surface area contributed by atoms with Crippen LogP contribution in [0.1, 0.15) is 95.0 Å². The Bertz CT molecular complexity index is 1860. The third-order valence-electron chi connectivity index (χ3n) is 10.6. The number of amides is 2. The number of hydrazone groups is 2. The molecule has 8 heteroatoms. The van der Waals surface area contributed by atoms with Crippen LogP contribution in [0.2, 0.25) is 0 Å². The zero-order valence-electron chi connectivity index (χ0n) is 26.3. The summed E-state index contributed by atoms with van der Waals surface area (Å²) in [7, 11) is 0. The van der Waals surface area contributed by atoms with Crippen LogP contribution in [0.4, 0.5) is 11.4 Å². The first kappa shape index (κ1) is 29.0. The number of aromatic nitrogens is 2. The Hall–Kier alpha value is -4.46. The zero-order chi connectivity index (χ0) is 31.0. The highest BCUT2D eigenvalue weighted by atomic mass is 16.2. The van der Waals surface area contributed by atoms with Gasteiger partial charge in [-0.1, -0.05) is 50.3 Å². The van der Waals surface area contributed by atoms with Crippen molar-refractivity contribution in [2.75, 3.05) is 10.0 Å². The number of nitrogens with zero attached hydrogens (tertiary/aromatic N) is 6. The van der Waals surface area contributed by atoms with E-state index in [4.69, 9.17) is 15.2 Å². The third-order valence-corrected chi connectivity index (χ3v) is 10.6. The Morgan fingerprint density at radius 1 is 0.674 bits per heavy atom. The summed E-state index contributed by atoms with van der Waals surface area (Å²) in [4.78, 5) is 35.3. The van der Waals surface area contributed by atoms with Crippen molar-refractivity contribution in [3.05, 3.63) is 72.7 Å². The average molecular weight is 613 g/mol. The van der Waals surface area contributed by atoms with Gasteiger partial charge in [-0.05, 0) is 92.2 Å². The van der Waals surface area contributed by atoms with E-state index in [1.165, 1.54) is 37.7 Å². The molecule has 4 aliphatic rings. The molecule has 4 aromatic rings. The molecule has 2 aliphatic heterocycles. The summed E-state index contributed by atoms with van der Waals surface area (Å²) < 4.78 is 0. The molecule has 8 nitrogen and oxygen atoms in total. The minimum Gasteiger partial charge on any atom is -0.272 e. The summed E-state index contributed by atoms with van der Waals surface area (Å²) in [5.41, 5.74) is 5.82. The fourth-order valence-electron chi connectivity index (χ4n) is 8.17. The van der Waals surface area contributed by atoms with Gasteiger partial charge in [-0.25, -0.2) is 0 Å². The number of carbonyl (C=O) groups excluding carboxylic acids is 2. The molecule has 2 aromatic carbocycles. The minimum absolute atomic E-state index is 0.0352. The van der Waals surface area contributed by atoms with E-state index >= 15 is 0 Å². The van der Waals surface area contributed by atoms with Crippen LogP contribution in [0, 0.1) is 11.8 Å². The van der Waals surface area contributed by atoms with E-state index in [9.17, 15) is 9.59 Å². The van der Waals surface area contributed by atoms with E-state index < -0.39 is 0 Å². The van der Waals surface area contributed by atoms with E-state index in [1.807, 2.05) is 54.9 Å². The predicted molar refractivity (Wildman–Crippen MR) is 183 cm³/mol. The molecule has 2 amide bonds. The molecule has 2 aromatic heterocycles. The van der Waals surface area contributed by atoms with Gasteiger partial charge in [0, 0.05) is 46.2 Å². The Balaban J connectivity index is 0.945. The second-order valence-electron chi connectivity index (χ2n) is 13.7. The maximum atomic E-state index is 13.2. The van der Waals surface area contributed by atoms with E-state index in [0.29, 0.717) is 30.6 Å². The molecular formula is C38H40N6O2. The molecule has 0 N–H and O–H groups in total.